The van der Waals surface area contributed by atoms with Crippen LogP contribution in [0, 0.1) is 0 Å². The lowest BCUT2D eigenvalue weighted by molar-refractivity contribution is 0.0995. The third-order valence-corrected chi connectivity index (χ3v) is 2.46. The molecule has 2 heterocycles. The molecule has 2 aromatic rings. The number of nitrogens with zero attached hydrogens (tertiary/aromatic N) is 3. The molecule has 0 unspecified atom stereocenters. The van der Waals surface area contributed by atoms with Crippen molar-refractivity contribution in [2.45, 2.75) is 6.92 Å². The highest BCUT2D eigenvalue weighted by molar-refractivity contribution is 6.29. The summed E-state index contributed by atoms with van der Waals surface area (Å²) >= 11 is 5.76. The van der Waals surface area contributed by atoms with E-state index < -0.39 is 5.91 Å². The molecule has 0 bridgehead atoms. The van der Waals surface area contributed by atoms with E-state index >= 15 is 0 Å². The molecule has 104 valence electrons. The van der Waals surface area contributed by atoms with Gasteiger partial charge < -0.3 is 15.8 Å². The molecule has 0 spiro atoms. The maximum Gasteiger partial charge on any atom is 0.271 e. The maximum atomic E-state index is 11.3. The van der Waals surface area contributed by atoms with E-state index in [1.807, 2.05) is 6.92 Å². The van der Waals surface area contributed by atoms with E-state index in [2.05, 4.69) is 20.5 Å². The van der Waals surface area contributed by atoms with E-state index in [-0.39, 0.29) is 10.8 Å². The van der Waals surface area contributed by atoms with Crippen molar-refractivity contribution < 1.29 is 9.53 Å². The van der Waals surface area contributed by atoms with Crippen molar-refractivity contribution in [2.24, 2.45) is 5.73 Å². The number of aromatic nitrogens is 3. The average Bonchev–Trinajstić information content (AvgIpc) is 2.39. The first kappa shape index (κ1) is 14.0. The molecule has 0 radical (unpaired) electrons. The summed E-state index contributed by atoms with van der Waals surface area (Å²) in [4.78, 5) is 15.5. The van der Waals surface area contributed by atoms with Crippen LogP contribution >= 0.6 is 11.6 Å². The van der Waals surface area contributed by atoms with Crippen molar-refractivity contribution >= 4 is 29.0 Å². The van der Waals surface area contributed by atoms with Gasteiger partial charge in [0.1, 0.15) is 5.82 Å². The summed E-state index contributed by atoms with van der Waals surface area (Å²) in [7, 11) is 0. The van der Waals surface area contributed by atoms with E-state index in [4.69, 9.17) is 22.1 Å². The Kier molecular flexibility index (Phi) is 4.31. The lowest BCUT2D eigenvalue weighted by atomic mass is 10.3. The van der Waals surface area contributed by atoms with Crippen molar-refractivity contribution in [2.75, 3.05) is 11.9 Å². The molecule has 2 aromatic heterocycles. The first-order valence-electron chi connectivity index (χ1n) is 5.80. The first-order valence-corrected chi connectivity index (χ1v) is 6.18. The Hall–Kier alpha value is -2.41. The zero-order valence-electron chi connectivity index (χ0n) is 10.6. The molecule has 0 atom stereocenters. The number of primary amides is 1. The van der Waals surface area contributed by atoms with Crippen LogP contribution in [0.4, 0.5) is 11.5 Å². The molecule has 0 fully saturated rings. The number of pyridine rings is 1. The van der Waals surface area contributed by atoms with Crippen LogP contribution in [0.2, 0.25) is 5.15 Å². The Morgan fingerprint density at radius 1 is 1.45 bits per heavy atom. The normalized spacial score (nSPS) is 10.1. The Morgan fingerprint density at radius 2 is 2.25 bits per heavy atom. The third-order valence-electron chi connectivity index (χ3n) is 2.28. The summed E-state index contributed by atoms with van der Waals surface area (Å²) in [5.74, 6) is 0.228. The number of amides is 1. The topological polar surface area (TPSA) is 103 Å². The van der Waals surface area contributed by atoms with E-state index in [0.29, 0.717) is 24.0 Å². The molecule has 2 rings (SSSR count). The number of ether oxygens (including phenoxy) is 1. The fraction of sp³-hybridized carbons (Fsp3) is 0.167. The Balaban J connectivity index is 2.31. The molecule has 20 heavy (non-hydrogen) atoms. The number of hydrogen-bond acceptors (Lipinski definition) is 6. The summed E-state index contributed by atoms with van der Waals surface area (Å²) in [5.41, 5.74) is 5.54. The van der Waals surface area contributed by atoms with E-state index in [0.717, 1.165) is 0 Å². The summed E-state index contributed by atoms with van der Waals surface area (Å²) in [6.07, 6.45) is 0. The van der Waals surface area contributed by atoms with Crippen molar-refractivity contribution in [3.8, 4) is 5.88 Å². The number of hydrogen-bond donors (Lipinski definition) is 2. The van der Waals surface area contributed by atoms with Crippen LogP contribution in [0.3, 0.4) is 0 Å². The van der Waals surface area contributed by atoms with Gasteiger partial charge in [-0.2, -0.15) is 4.98 Å². The third kappa shape index (κ3) is 3.33. The number of anilines is 2. The van der Waals surface area contributed by atoms with Crippen molar-refractivity contribution in [3.05, 3.63) is 35.1 Å². The lowest BCUT2D eigenvalue weighted by Gasteiger charge is -2.09. The van der Waals surface area contributed by atoms with Gasteiger partial charge in [0.2, 0.25) is 5.88 Å². The second kappa shape index (κ2) is 6.16. The van der Waals surface area contributed by atoms with Gasteiger partial charge in [0.25, 0.3) is 5.91 Å². The molecule has 0 aliphatic heterocycles. The fourth-order valence-electron chi connectivity index (χ4n) is 1.50. The number of halogens is 1. The number of nitrogens with one attached hydrogen (secondary N) is 1. The lowest BCUT2D eigenvalue weighted by Crippen LogP contribution is -2.16. The van der Waals surface area contributed by atoms with Gasteiger partial charge in [-0.1, -0.05) is 17.7 Å². The maximum absolute atomic E-state index is 11.3. The Labute approximate surface area is 120 Å². The second-order valence-electron chi connectivity index (χ2n) is 3.71. The minimum absolute atomic E-state index is 0.0157. The second-order valence-corrected chi connectivity index (χ2v) is 4.10. The van der Waals surface area contributed by atoms with E-state index in [1.54, 1.807) is 18.2 Å². The van der Waals surface area contributed by atoms with Crippen LogP contribution < -0.4 is 15.8 Å². The zero-order chi connectivity index (χ0) is 14.5. The number of carbonyl (C=O) groups is 1. The van der Waals surface area contributed by atoms with Gasteiger partial charge in [0, 0.05) is 12.1 Å². The van der Waals surface area contributed by atoms with Crippen molar-refractivity contribution in [1.82, 2.24) is 15.2 Å². The SMILES string of the molecule is CCOc1cccc(Nc2cc(Cl)nnc2C(N)=O)n1. The van der Waals surface area contributed by atoms with Gasteiger partial charge in [-0.05, 0) is 13.0 Å². The molecule has 7 nitrogen and oxygen atoms in total. The summed E-state index contributed by atoms with van der Waals surface area (Å²) < 4.78 is 5.29. The van der Waals surface area contributed by atoms with Gasteiger partial charge >= 0.3 is 0 Å². The minimum atomic E-state index is -0.711. The molecule has 0 saturated heterocycles. The van der Waals surface area contributed by atoms with Crippen LogP contribution in [0.15, 0.2) is 24.3 Å². The summed E-state index contributed by atoms with van der Waals surface area (Å²) in [5, 5.41) is 10.3. The van der Waals surface area contributed by atoms with Crippen LogP contribution in [0.5, 0.6) is 5.88 Å². The van der Waals surface area contributed by atoms with Crippen LogP contribution in [0.25, 0.3) is 0 Å². The predicted octanol–water partition coefficient (Wildman–Crippen LogP) is 1.77. The molecular formula is C12H12ClN5O2. The van der Waals surface area contributed by atoms with E-state index in [9.17, 15) is 4.79 Å². The molecule has 3 N–H and O–H groups in total. The predicted molar refractivity (Wildman–Crippen MR) is 74.2 cm³/mol. The Morgan fingerprint density at radius 3 is 2.95 bits per heavy atom. The van der Waals surface area contributed by atoms with Crippen LogP contribution in [-0.2, 0) is 0 Å². The highest BCUT2D eigenvalue weighted by atomic mass is 35.5. The van der Waals surface area contributed by atoms with Gasteiger partial charge in [-0.3, -0.25) is 4.79 Å². The van der Waals surface area contributed by atoms with E-state index in [1.165, 1.54) is 6.07 Å². The van der Waals surface area contributed by atoms with Gasteiger partial charge in [-0.15, -0.1) is 10.2 Å². The highest BCUT2D eigenvalue weighted by Crippen LogP contribution is 2.21. The minimum Gasteiger partial charge on any atom is -0.478 e. The molecule has 0 aliphatic carbocycles. The zero-order valence-corrected chi connectivity index (χ0v) is 11.4. The summed E-state index contributed by atoms with van der Waals surface area (Å²) in [6, 6.07) is 6.65. The molecule has 0 saturated carbocycles. The van der Waals surface area contributed by atoms with Crippen molar-refractivity contribution in [3.63, 3.8) is 0 Å². The van der Waals surface area contributed by atoms with Crippen LogP contribution in [-0.4, -0.2) is 27.7 Å². The fourth-order valence-corrected chi connectivity index (χ4v) is 1.64. The average molecular weight is 294 g/mol. The largest absolute Gasteiger partial charge is 0.478 e. The highest BCUT2D eigenvalue weighted by Gasteiger charge is 2.12. The van der Waals surface area contributed by atoms with Crippen LogP contribution in [0.1, 0.15) is 17.4 Å². The smallest absolute Gasteiger partial charge is 0.271 e. The number of rotatable bonds is 5. The van der Waals surface area contributed by atoms with Crippen molar-refractivity contribution in [1.29, 1.82) is 0 Å². The van der Waals surface area contributed by atoms with Gasteiger partial charge in [-0.25, -0.2) is 0 Å². The van der Waals surface area contributed by atoms with Gasteiger partial charge in [0.15, 0.2) is 10.8 Å². The molecule has 0 aromatic carbocycles. The molecular weight excluding hydrogens is 282 g/mol. The number of carbonyl (C=O) groups excluding carboxylic acids is 1. The number of nitrogens with two attached hydrogens (primary N) is 1. The molecule has 1 amide bonds. The Bertz CT molecular complexity index is 635. The summed E-state index contributed by atoms with van der Waals surface area (Å²) in [6.45, 7) is 2.37. The monoisotopic (exact) mass is 293 g/mol. The quantitative estimate of drug-likeness (QED) is 0.871. The molecule has 8 heteroatoms. The molecule has 0 aliphatic rings. The standard InChI is InChI=1S/C12H12ClN5O2/c1-2-20-10-5-3-4-9(16-10)15-7-6-8(13)17-18-11(7)12(14)19/h3-6H,2H2,1H3,(H2,14,19)(H,15,16,17). The first-order chi connectivity index (χ1) is 9.60. The van der Waals surface area contributed by atoms with Gasteiger partial charge in [0.05, 0.1) is 12.3 Å².